The topological polar surface area (TPSA) is 55.2 Å². The smallest absolute Gasteiger partial charge is 0.128 e. The molecule has 3 heterocycles. The fourth-order valence-corrected chi connectivity index (χ4v) is 3.24. The molecule has 1 aromatic rings. The third kappa shape index (κ3) is 2.49. The molecule has 2 aliphatic rings. The molecular weight excluding hydrogens is 250 g/mol. The van der Waals surface area contributed by atoms with Crippen LogP contribution in [0.5, 0.6) is 0 Å². The number of hydrogen-bond acceptors (Lipinski definition) is 5. The number of hydrogen-bond donors (Lipinski definition) is 1. The molecule has 1 N–H and O–H groups in total. The van der Waals surface area contributed by atoms with Gasteiger partial charge in [0, 0.05) is 32.4 Å². The molecule has 2 fully saturated rings. The summed E-state index contributed by atoms with van der Waals surface area (Å²) in [5.41, 5.74) is -0.249. The zero-order valence-electron chi connectivity index (χ0n) is 11.8. The van der Waals surface area contributed by atoms with Gasteiger partial charge in [-0.15, -0.1) is 0 Å². The van der Waals surface area contributed by atoms with Crippen molar-refractivity contribution in [3.05, 3.63) is 24.4 Å². The van der Waals surface area contributed by atoms with E-state index in [-0.39, 0.29) is 5.54 Å². The average Bonchev–Trinajstić information content (AvgIpc) is 2.56. The van der Waals surface area contributed by atoms with Crippen LogP contribution >= 0.6 is 0 Å². The minimum atomic E-state index is -0.249. The van der Waals surface area contributed by atoms with Crippen molar-refractivity contribution in [1.82, 2.24) is 15.2 Å². The van der Waals surface area contributed by atoms with Gasteiger partial charge in [-0.2, -0.15) is 5.26 Å². The van der Waals surface area contributed by atoms with E-state index in [0.717, 1.165) is 57.9 Å². The van der Waals surface area contributed by atoms with E-state index in [1.807, 2.05) is 18.3 Å². The van der Waals surface area contributed by atoms with Gasteiger partial charge in [0.1, 0.15) is 11.4 Å². The third-order valence-electron chi connectivity index (χ3n) is 4.50. The number of rotatable bonds is 2. The van der Waals surface area contributed by atoms with E-state index in [1.54, 1.807) is 0 Å². The van der Waals surface area contributed by atoms with Gasteiger partial charge in [0.25, 0.3) is 0 Å². The molecule has 0 amide bonds. The van der Waals surface area contributed by atoms with Gasteiger partial charge in [0.2, 0.25) is 0 Å². The van der Waals surface area contributed by atoms with Crippen molar-refractivity contribution in [3.63, 3.8) is 0 Å². The number of nitriles is 1. The largest absolute Gasteiger partial charge is 0.354 e. The summed E-state index contributed by atoms with van der Waals surface area (Å²) in [7, 11) is 0. The van der Waals surface area contributed by atoms with Crippen LogP contribution in [0.2, 0.25) is 0 Å². The monoisotopic (exact) mass is 271 g/mol. The second-order valence-electron chi connectivity index (χ2n) is 5.56. The van der Waals surface area contributed by atoms with Gasteiger partial charge >= 0.3 is 0 Å². The third-order valence-corrected chi connectivity index (χ3v) is 4.50. The minimum absolute atomic E-state index is 0.249. The van der Waals surface area contributed by atoms with Gasteiger partial charge in [0.05, 0.1) is 6.07 Å². The second kappa shape index (κ2) is 5.78. The van der Waals surface area contributed by atoms with Crippen molar-refractivity contribution < 1.29 is 0 Å². The number of piperidine rings is 1. The Morgan fingerprint density at radius 1 is 1.15 bits per heavy atom. The quantitative estimate of drug-likeness (QED) is 0.864. The minimum Gasteiger partial charge on any atom is -0.354 e. The Bertz CT molecular complexity index is 467. The molecule has 0 aromatic carbocycles. The average molecular weight is 271 g/mol. The first-order valence-corrected chi connectivity index (χ1v) is 7.37. The van der Waals surface area contributed by atoms with Gasteiger partial charge in [-0.3, -0.25) is 4.90 Å². The number of nitrogens with one attached hydrogen (secondary N) is 1. The Kier molecular flexibility index (Phi) is 3.86. The highest BCUT2D eigenvalue weighted by molar-refractivity contribution is 5.38. The van der Waals surface area contributed by atoms with Crippen LogP contribution in [0.15, 0.2) is 24.4 Å². The molecule has 2 saturated heterocycles. The van der Waals surface area contributed by atoms with E-state index in [9.17, 15) is 5.26 Å². The summed E-state index contributed by atoms with van der Waals surface area (Å²) in [4.78, 5) is 9.10. The van der Waals surface area contributed by atoms with Gasteiger partial charge < -0.3 is 10.2 Å². The van der Waals surface area contributed by atoms with Crippen molar-refractivity contribution in [1.29, 1.82) is 5.26 Å². The summed E-state index contributed by atoms with van der Waals surface area (Å²) in [6, 6.07) is 8.62. The fourth-order valence-electron chi connectivity index (χ4n) is 3.24. The molecule has 106 valence electrons. The predicted octanol–water partition coefficient (Wildman–Crippen LogP) is 0.849. The summed E-state index contributed by atoms with van der Waals surface area (Å²) in [6.07, 6.45) is 3.71. The lowest BCUT2D eigenvalue weighted by atomic mass is 9.87. The predicted molar refractivity (Wildman–Crippen MR) is 78.5 cm³/mol. The van der Waals surface area contributed by atoms with Gasteiger partial charge in [0.15, 0.2) is 0 Å². The highest BCUT2D eigenvalue weighted by Crippen LogP contribution is 2.27. The van der Waals surface area contributed by atoms with Crippen LogP contribution < -0.4 is 10.2 Å². The molecule has 1 aromatic heterocycles. The van der Waals surface area contributed by atoms with E-state index in [2.05, 4.69) is 32.2 Å². The molecule has 5 heteroatoms. The molecule has 0 spiro atoms. The Hall–Kier alpha value is -1.64. The molecule has 5 nitrogen and oxygen atoms in total. The van der Waals surface area contributed by atoms with E-state index < -0.39 is 0 Å². The molecule has 3 rings (SSSR count). The molecule has 0 unspecified atom stereocenters. The molecule has 0 atom stereocenters. The maximum Gasteiger partial charge on any atom is 0.128 e. The van der Waals surface area contributed by atoms with Crippen LogP contribution in [0.3, 0.4) is 0 Å². The molecular formula is C15H21N5. The van der Waals surface area contributed by atoms with Crippen LogP contribution in [0.4, 0.5) is 5.82 Å². The fraction of sp³-hybridized carbons (Fsp3) is 0.600. The summed E-state index contributed by atoms with van der Waals surface area (Å²) < 4.78 is 0. The van der Waals surface area contributed by atoms with Crippen molar-refractivity contribution >= 4 is 5.82 Å². The zero-order chi connectivity index (χ0) is 13.8. The van der Waals surface area contributed by atoms with Crippen molar-refractivity contribution in [2.24, 2.45) is 0 Å². The molecule has 20 heavy (non-hydrogen) atoms. The van der Waals surface area contributed by atoms with Gasteiger partial charge in [-0.1, -0.05) is 6.07 Å². The number of pyridine rings is 1. The molecule has 2 aliphatic heterocycles. The van der Waals surface area contributed by atoms with Gasteiger partial charge in [-0.25, -0.2) is 4.98 Å². The Morgan fingerprint density at radius 2 is 1.90 bits per heavy atom. The van der Waals surface area contributed by atoms with E-state index in [1.165, 1.54) is 0 Å². The molecule has 0 radical (unpaired) electrons. The van der Waals surface area contributed by atoms with Crippen LogP contribution in [0.1, 0.15) is 12.8 Å². The van der Waals surface area contributed by atoms with E-state index >= 15 is 0 Å². The lowest BCUT2D eigenvalue weighted by molar-refractivity contribution is 0.0971. The van der Waals surface area contributed by atoms with Crippen LogP contribution in [0.25, 0.3) is 0 Å². The lowest BCUT2D eigenvalue weighted by Crippen LogP contribution is -2.59. The first-order valence-electron chi connectivity index (χ1n) is 7.37. The maximum absolute atomic E-state index is 9.63. The van der Waals surface area contributed by atoms with E-state index in [4.69, 9.17) is 0 Å². The Balaban J connectivity index is 1.65. The lowest BCUT2D eigenvalue weighted by Gasteiger charge is -2.46. The van der Waals surface area contributed by atoms with Gasteiger partial charge in [-0.05, 0) is 38.1 Å². The van der Waals surface area contributed by atoms with Crippen LogP contribution in [0, 0.1) is 11.3 Å². The van der Waals surface area contributed by atoms with Crippen LogP contribution in [-0.2, 0) is 0 Å². The molecule has 0 bridgehead atoms. The number of aromatic nitrogens is 1. The first kappa shape index (κ1) is 13.3. The number of piperazine rings is 1. The molecule has 0 saturated carbocycles. The first-order chi connectivity index (χ1) is 9.84. The summed E-state index contributed by atoms with van der Waals surface area (Å²) >= 11 is 0. The SMILES string of the molecule is N#CC1(N2CCN(c3ccccn3)CC2)CCNCC1. The highest BCUT2D eigenvalue weighted by Gasteiger charge is 2.39. The molecule has 0 aliphatic carbocycles. The summed E-state index contributed by atoms with van der Waals surface area (Å²) in [5, 5.41) is 13.0. The second-order valence-corrected chi connectivity index (χ2v) is 5.56. The van der Waals surface area contributed by atoms with Crippen molar-refractivity contribution in [2.45, 2.75) is 18.4 Å². The standard InChI is InChI=1S/C15H21N5/c16-13-15(4-7-17-8-5-15)20-11-9-19(10-12-20)14-3-1-2-6-18-14/h1-3,6,17H,4-5,7-12H2. The Labute approximate surface area is 120 Å². The van der Waals surface area contributed by atoms with Crippen LogP contribution in [-0.4, -0.2) is 54.7 Å². The number of anilines is 1. The Morgan fingerprint density at radius 3 is 2.50 bits per heavy atom. The van der Waals surface area contributed by atoms with Crippen molar-refractivity contribution in [2.75, 3.05) is 44.2 Å². The van der Waals surface area contributed by atoms with Crippen molar-refractivity contribution in [3.8, 4) is 6.07 Å². The highest BCUT2D eigenvalue weighted by atomic mass is 15.3. The van der Waals surface area contributed by atoms with E-state index in [0.29, 0.717) is 0 Å². The number of nitrogens with zero attached hydrogens (tertiary/aromatic N) is 4. The summed E-state index contributed by atoms with van der Waals surface area (Å²) in [6.45, 7) is 5.71. The normalized spacial score (nSPS) is 23.2. The zero-order valence-corrected chi connectivity index (χ0v) is 11.8. The summed E-state index contributed by atoms with van der Waals surface area (Å²) in [5.74, 6) is 1.04. The maximum atomic E-state index is 9.63.